The molecule has 0 fully saturated rings. The van der Waals surface area contributed by atoms with E-state index in [1.807, 2.05) is 0 Å². The zero-order valence-electron chi connectivity index (χ0n) is 14.8. The molecule has 5 nitrogen and oxygen atoms in total. The number of aryl methyl sites for hydroxylation is 1. The third-order valence-electron chi connectivity index (χ3n) is 4.24. The van der Waals surface area contributed by atoms with Gasteiger partial charge in [0.1, 0.15) is 11.5 Å². The molecule has 2 rings (SSSR count). The van der Waals surface area contributed by atoms with Gasteiger partial charge >= 0.3 is 6.18 Å². The van der Waals surface area contributed by atoms with Crippen LogP contribution in [-0.2, 0) is 4.79 Å². The molecule has 26 heavy (non-hydrogen) atoms. The molecule has 0 bridgehead atoms. The van der Waals surface area contributed by atoms with Crippen molar-refractivity contribution in [1.29, 1.82) is 0 Å². The summed E-state index contributed by atoms with van der Waals surface area (Å²) in [7, 11) is 0. The Kier molecular flexibility index (Phi) is 5.31. The van der Waals surface area contributed by atoms with Crippen molar-refractivity contribution in [2.45, 2.75) is 46.0 Å². The average molecular weight is 393 g/mol. The smallest absolute Gasteiger partial charge is 0.431 e. The first-order chi connectivity index (χ1) is 11.8. The van der Waals surface area contributed by atoms with E-state index >= 15 is 0 Å². The number of carbonyl (C=O) groups excluding carboxylic acids is 1. The fraction of sp³-hybridized carbons (Fsp3) is 0.529. The topological polar surface area (TPSA) is 62.1 Å². The fourth-order valence-electron chi connectivity index (χ4n) is 2.46. The zero-order chi connectivity index (χ0) is 19.9. The highest BCUT2D eigenvalue weighted by Gasteiger charge is 2.57. The van der Waals surface area contributed by atoms with Crippen molar-refractivity contribution in [3.8, 4) is 5.75 Å². The van der Waals surface area contributed by atoms with Gasteiger partial charge in [-0.15, -0.1) is 0 Å². The number of nitrogens with zero attached hydrogens (tertiary/aromatic N) is 2. The summed E-state index contributed by atoms with van der Waals surface area (Å²) < 4.78 is 44.4. The van der Waals surface area contributed by atoms with Gasteiger partial charge in [-0.1, -0.05) is 32.4 Å². The Morgan fingerprint density at radius 3 is 2.50 bits per heavy atom. The van der Waals surface area contributed by atoms with Gasteiger partial charge in [0.2, 0.25) is 0 Å². The molecule has 0 aromatic heterocycles. The number of ether oxygens (including phenoxy) is 1. The molecule has 144 valence electrons. The summed E-state index contributed by atoms with van der Waals surface area (Å²) in [6.45, 7) is 5.77. The number of hydrogen-bond donors (Lipinski definition) is 1. The van der Waals surface area contributed by atoms with Crippen molar-refractivity contribution < 1.29 is 27.8 Å². The predicted molar refractivity (Wildman–Crippen MR) is 91.0 cm³/mol. The van der Waals surface area contributed by atoms with E-state index in [4.69, 9.17) is 16.3 Å². The Labute approximate surface area is 154 Å². The second kappa shape index (κ2) is 6.74. The van der Waals surface area contributed by atoms with Gasteiger partial charge in [-0.3, -0.25) is 4.79 Å². The van der Waals surface area contributed by atoms with Crippen molar-refractivity contribution in [2.24, 2.45) is 10.5 Å². The molecule has 0 saturated heterocycles. The molecule has 1 N–H and O–H groups in total. The summed E-state index contributed by atoms with van der Waals surface area (Å²) >= 11 is 5.91. The van der Waals surface area contributed by atoms with E-state index in [0.29, 0.717) is 15.8 Å². The maximum Gasteiger partial charge on any atom is 0.431 e. The molecule has 1 atom stereocenters. The maximum atomic E-state index is 13.0. The molecule has 0 spiro atoms. The number of benzene rings is 1. The highest BCUT2D eigenvalue weighted by atomic mass is 35.5. The molecular formula is C17H20ClF3N2O3. The van der Waals surface area contributed by atoms with Gasteiger partial charge in [-0.2, -0.15) is 23.3 Å². The molecule has 0 radical (unpaired) electrons. The molecule has 1 aromatic carbocycles. The Morgan fingerprint density at radius 1 is 1.38 bits per heavy atom. The van der Waals surface area contributed by atoms with Crippen molar-refractivity contribution in [2.75, 3.05) is 6.61 Å². The lowest BCUT2D eigenvalue weighted by molar-refractivity contribution is -0.183. The first-order valence-electron chi connectivity index (χ1n) is 7.85. The highest BCUT2D eigenvalue weighted by Crippen LogP contribution is 2.43. The van der Waals surface area contributed by atoms with Gasteiger partial charge in [-0.25, -0.2) is 0 Å². The lowest BCUT2D eigenvalue weighted by atomic mass is 9.80. The van der Waals surface area contributed by atoms with Crippen LogP contribution in [0.5, 0.6) is 5.75 Å². The number of halogens is 4. The zero-order valence-corrected chi connectivity index (χ0v) is 15.6. The number of carbonyl (C=O) groups is 1. The van der Waals surface area contributed by atoms with Gasteiger partial charge in [0, 0.05) is 16.9 Å². The third kappa shape index (κ3) is 3.96. The third-order valence-corrected chi connectivity index (χ3v) is 4.67. The number of aliphatic hydroxyl groups is 1. The van der Waals surface area contributed by atoms with Gasteiger partial charge in [-0.05, 0) is 30.7 Å². The second-order valence-corrected chi connectivity index (χ2v) is 7.60. The molecule has 1 amide bonds. The Hall–Kier alpha value is -1.80. The Morgan fingerprint density at radius 2 is 2.00 bits per heavy atom. The largest absolute Gasteiger partial charge is 0.484 e. The molecular weight excluding hydrogens is 373 g/mol. The van der Waals surface area contributed by atoms with Crippen molar-refractivity contribution in [3.63, 3.8) is 0 Å². The van der Waals surface area contributed by atoms with E-state index in [1.54, 1.807) is 19.1 Å². The molecule has 9 heteroatoms. The first-order valence-corrected chi connectivity index (χ1v) is 8.22. The van der Waals surface area contributed by atoms with E-state index in [1.165, 1.54) is 26.8 Å². The van der Waals surface area contributed by atoms with Crippen LogP contribution < -0.4 is 4.74 Å². The molecule has 0 aliphatic carbocycles. The van der Waals surface area contributed by atoms with Crippen LogP contribution in [0.1, 0.15) is 32.8 Å². The molecule has 1 aromatic rings. The van der Waals surface area contributed by atoms with Crippen LogP contribution in [0.3, 0.4) is 0 Å². The average Bonchev–Trinajstić information content (AvgIpc) is 2.87. The first kappa shape index (κ1) is 20.5. The molecule has 1 heterocycles. The van der Waals surface area contributed by atoms with Crippen LogP contribution in [0.2, 0.25) is 5.02 Å². The summed E-state index contributed by atoms with van der Waals surface area (Å²) in [5, 5.41) is 15.1. The molecule has 0 saturated carbocycles. The van der Waals surface area contributed by atoms with Gasteiger partial charge < -0.3 is 9.84 Å². The number of alkyl halides is 3. The van der Waals surface area contributed by atoms with Gasteiger partial charge in [0.25, 0.3) is 5.91 Å². The van der Waals surface area contributed by atoms with Gasteiger partial charge in [0.15, 0.2) is 12.3 Å². The summed E-state index contributed by atoms with van der Waals surface area (Å²) in [6.07, 6.45) is -5.53. The lowest BCUT2D eigenvalue weighted by Crippen LogP contribution is -2.56. The summed E-state index contributed by atoms with van der Waals surface area (Å²) in [6, 6.07) is 4.71. The van der Waals surface area contributed by atoms with E-state index < -0.39 is 42.0 Å². The summed E-state index contributed by atoms with van der Waals surface area (Å²) in [5.41, 5.74) is -3.64. The van der Waals surface area contributed by atoms with Crippen molar-refractivity contribution >= 4 is 23.2 Å². The SMILES string of the molecule is Cc1cc(OCC(=O)N2N=C(C(F)(F)F)C[C@]2(O)C(C)(C)C)ccc1Cl. The van der Waals surface area contributed by atoms with Crippen LogP contribution in [0.25, 0.3) is 0 Å². The van der Waals surface area contributed by atoms with Crippen molar-refractivity contribution in [1.82, 2.24) is 5.01 Å². The molecule has 1 aliphatic rings. The molecule has 0 unspecified atom stereocenters. The molecule has 1 aliphatic heterocycles. The number of hydrogen-bond acceptors (Lipinski definition) is 4. The summed E-state index contributed by atoms with van der Waals surface area (Å²) in [5.74, 6) is -0.548. The van der Waals surface area contributed by atoms with Crippen LogP contribution in [0.4, 0.5) is 13.2 Å². The minimum absolute atomic E-state index is 0.332. The van der Waals surface area contributed by atoms with Crippen LogP contribution >= 0.6 is 11.6 Å². The Bertz CT molecular complexity index is 744. The maximum absolute atomic E-state index is 13.0. The lowest BCUT2D eigenvalue weighted by Gasteiger charge is -2.41. The minimum Gasteiger partial charge on any atom is -0.484 e. The number of amides is 1. The predicted octanol–water partition coefficient (Wildman–Crippen LogP) is 3.91. The van der Waals surface area contributed by atoms with E-state index in [-0.39, 0.29) is 0 Å². The number of rotatable bonds is 3. The fourth-order valence-corrected chi connectivity index (χ4v) is 2.58. The van der Waals surface area contributed by atoms with Crippen LogP contribution in [0.15, 0.2) is 23.3 Å². The monoisotopic (exact) mass is 392 g/mol. The normalized spacial score (nSPS) is 21.0. The van der Waals surface area contributed by atoms with E-state index in [2.05, 4.69) is 5.10 Å². The van der Waals surface area contributed by atoms with Crippen LogP contribution in [-0.4, -0.2) is 40.2 Å². The van der Waals surface area contributed by atoms with Crippen LogP contribution in [0, 0.1) is 12.3 Å². The standard InChI is InChI=1S/C17H20ClF3N2O3/c1-10-7-11(5-6-12(10)18)26-9-14(24)23-16(25,15(2,3)4)8-13(22-23)17(19,20)21/h5-7,25H,8-9H2,1-4H3/t16-/m0/s1. The van der Waals surface area contributed by atoms with Crippen molar-refractivity contribution in [3.05, 3.63) is 28.8 Å². The summed E-state index contributed by atoms with van der Waals surface area (Å²) in [4.78, 5) is 12.4. The minimum atomic E-state index is -4.73. The van der Waals surface area contributed by atoms with E-state index in [0.717, 1.165) is 5.56 Å². The highest BCUT2D eigenvalue weighted by molar-refractivity contribution is 6.31. The number of hydrazone groups is 1. The second-order valence-electron chi connectivity index (χ2n) is 7.19. The Balaban J connectivity index is 2.22. The quantitative estimate of drug-likeness (QED) is 0.848. The van der Waals surface area contributed by atoms with Gasteiger partial charge in [0.05, 0.1) is 0 Å². The van der Waals surface area contributed by atoms with E-state index in [9.17, 15) is 23.1 Å².